The largest absolute Gasteiger partial charge is 0.464 e. The number of ether oxygens (including phenoxy) is 1. The van der Waals surface area contributed by atoms with Crippen LogP contribution in [-0.4, -0.2) is 42.5 Å². The molecule has 0 aromatic rings. The van der Waals surface area contributed by atoms with Gasteiger partial charge in [0.15, 0.2) is 0 Å². The lowest BCUT2D eigenvalue weighted by Gasteiger charge is -2.32. The van der Waals surface area contributed by atoms with Crippen LogP contribution in [0.1, 0.15) is 19.3 Å². The number of nitrogens with two attached hydrogens (primary N) is 1. The van der Waals surface area contributed by atoms with Gasteiger partial charge in [-0.3, -0.25) is 14.5 Å². The van der Waals surface area contributed by atoms with E-state index in [4.69, 9.17) is 10.5 Å². The number of likely N-dealkylation sites (tertiary alicyclic amines) is 1. The van der Waals surface area contributed by atoms with E-state index in [-0.39, 0.29) is 23.8 Å². The van der Waals surface area contributed by atoms with Gasteiger partial charge in [-0.05, 0) is 25.9 Å². The summed E-state index contributed by atoms with van der Waals surface area (Å²) < 4.78 is 4.92. The highest BCUT2D eigenvalue weighted by molar-refractivity contribution is 5.78. The molecular weight excluding hydrogens is 196 g/mol. The van der Waals surface area contributed by atoms with Crippen LogP contribution in [-0.2, 0) is 14.3 Å². The second-order valence-corrected chi connectivity index (χ2v) is 4.18. The lowest BCUT2D eigenvalue weighted by atomic mass is 9.95. The Balaban J connectivity index is 1.87. The smallest absolute Gasteiger partial charge is 0.323 e. The first kappa shape index (κ1) is 10.4. The number of primary amides is 1. The summed E-state index contributed by atoms with van der Waals surface area (Å²) in [5, 5.41) is 0. The average molecular weight is 212 g/mol. The molecule has 0 aliphatic carbocycles. The summed E-state index contributed by atoms with van der Waals surface area (Å²) in [6.07, 6.45) is 2.30. The molecule has 0 aromatic carbocycles. The van der Waals surface area contributed by atoms with Gasteiger partial charge in [0.2, 0.25) is 5.91 Å². The van der Waals surface area contributed by atoms with Gasteiger partial charge in [0.05, 0.1) is 6.61 Å². The summed E-state index contributed by atoms with van der Waals surface area (Å²) in [7, 11) is 0. The molecule has 2 fully saturated rings. The van der Waals surface area contributed by atoms with E-state index in [1.54, 1.807) is 0 Å². The number of hydrogen-bond acceptors (Lipinski definition) is 4. The molecule has 0 unspecified atom stereocenters. The molecular formula is C10H16N2O3. The van der Waals surface area contributed by atoms with Crippen molar-refractivity contribution >= 4 is 11.9 Å². The zero-order valence-electron chi connectivity index (χ0n) is 8.65. The van der Waals surface area contributed by atoms with Gasteiger partial charge in [-0.25, -0.2) is 0 Å². The van der Waals surface area contributed by atoms with Crippen molar-refractivity contribution in [3.63, 3.8) is 0 Å². The summed E-state index contributed by atoms with van der Waals surface area (Å²) >= 11 is 0. The van der Waals surface area contributed by atoms with Crippen LogP contribution in [0.5, 0.6) is 0 Å². The van der Waals surface area contributed by atoms with Gasteiger partial charge in [-0.2, -0.15) is 0 Å². The molecule has 0 spiro atoms. The topological polar surface area (TPSA) is 72.6 Å². The maximum atomic E-state index is 11.3. The molecule has 0 bridgehead atoms. The summed E-state index contributed by atoms with van der Waals surface area (Å²) in [6.45, 7) is 2.07. The molecule has 5 nitrogen and oxygen atoms in total. The third kappa shape index (κ3) is 2.12. The third-order valence-electron chi connectivity index (χ3n) is 3.28. The summed E-state index contributed by atoms with van der Waals surface area (Å²) in [4.78, 5) is 24.4. The zero-order valence-corrected chi connectivity index (χ0v) is 8.65. The predicted octanol–water partition coefficient (Wildman–Crippen LogP) is -0.501. The van der Waals surface area contributed by atoms with Gasteiger partial charge >= 0.3 is 5.97 Å². The molecule has 2 rings (SSSR count). The minimum Gasteiger partial charge on any atom is -0.464 e. The minimum absolute atomic E-state index is 0.0151. The standard InChI is InChI=1S/C10H16N2O3/c11-9(13)7-1-4-12(5-2-7)8-3-6-15-10(8)14/h7-8H,1-6H2,(H2,11,13)/t8-/m0/s1. The normalized spacial score (nSPS) is 29.1. The number of nitrogens with zero attached hydrogens (tertiary/aromatic N) is 1. The Kier molecular flexibility index (Phi) is 2.90. The quantitative estimate of drug-likeness (QED) is 0.626. The zero-order chi connectivity index (χ0) is 10.8. The van der Waals surface area contributed by atoms with Crippen LogP contribution in [0.4, 0.5) is 0 Å². The number of carbonyl (C=O) groups is 2. The second-order valence-electron chi connectivity index (χ2n) is 4.18. The number of esters is 1. The Morgan fingerprint density at radius 1 is 1.33 bits per heavy atom. The molecule has 1 atom stereocenters. The van der Waals surface area contributed by atoms with Crippen LogP contribution in [0.3, 0.4) is 0 Å². The van der Waals surface area contributed by atoms with Crippen molar-refractivity contribution in [2.45, 2.75) is 25.3 Å². The van der Waals surface area contributed by atoms with Gasteiger partial charge < -0.3 is 10.5 Å². The van der Waals surface area contributed by atoms with Gasteiger partial charge in [0.25, 0.3) is 0 Å². The van der Waals surface area contributed by atoms with E-state index >= 15 is 0 Å². The average Bonchev–Trinajstić information content (AvgIpc) is 2.65. The fourth-order valence-electron chi connectivity index (χ4n) is 2.31. The molecule has 0 aromatic heterocycles. The first-order chi connectivity index (χ1) is 7.18. The van der Waals surface area contributed by atoms with E-state index in [9.17, 15) is 9.59 Å². The minimum atomic E-state index is -0.219. The highest BCUT2D eigenvalue weighted by Gasteiger charge is 2.35. The lowest BCUT2D eigenvalue weighted by Crippen LogP contribution is -2.45. The van der Waals surface area contributed by atoms with E-state index in [1.807, 2.05) is 0 Å². The fraction of sp³-hybridized carbons (Fsp3) is 0.800. The molecule has 0 saturated carbocycles. The van der Waals surface area contributed by atoms with Gasteiger partial charge in [-0.1, -0.05) is 0 Å². The summed E-state index contributed by atoms with van der Waals surface area (Å²) in [6, 6.07) is -0.0844. The van der Waals surface area contributed by atoms with Crippen molar-refractivity contribution in [1.29, 1.82) is 0 Å². The Labute approximate surface area is 88.5 Å². The van der Waals surface area contributed by atoms with Crippen molar-refractivity contribution in [1.82, 2.24) is 4.90 Å². The van der Waals surface area contributed by atoms with Crippen LogP contribution in [0.2, 0.25) is 0 Å². The predicted molar refractivity (Wildman–Crippen MR) is 52.9 cm³/mol. The molecule has 2 N–H and O–H groups in total. The number of rotatable bonds is 2. The van der Waals surface area contributed by atoms with E-state index in [2.05, 4.69) is 4.90 Å². The van der Waals surface area contributed by atoms with Crippen LogP contribution >= 0.6 is 0 Å². The second kappa shape index (κ2) is 4.18. The van der Waals surface area contributed by atoms with Crippen LogP contribution in [0.15, 0.2) is 0 Å². The van der Waals surface area contributed by atoms with E-state index in [1.165, 1.54) is 0 Å². The van der Waals surface area contributed by atoms with Gasteiger partial charge in [0, 0.05) is 12.3 Å². The Morgan fingerprint density at radius 3 is 2.47 bits per heavy atom. The first-order valence-corrected chi connectivity index (χ1v) is 5.38. The first-order valence-electron chi connectivity index (χ1n) is 5.38. The Bertz CT molecular complexity index is 272. The Hall–Kier alpha value is -1.10. The lowest BCUT2D eigenvalue weighted by molar-refractivity contribution is -0.142. The molecule has 15 heavy (non-hydrogen) atoms. The van der Waals surface area contributed by atoms with Gasteiger partial charge in [-0.15, -0.1) is 0 Å². The molecule has 1 amide bonds. The molecule has 5 heteroatoms. The van der Waals surface area contributed by atoms with Crippen molar-refractivity contribution < 1.29 is 14.3 Å². The highest BCUT2D eigenvalue weighted by Crippen LogP contribution is 2.22. The molecule has 2 aliphatic rings. The van der Waals surface area contributed by atoms with Crippen LogP contribution < -0.4 is 5.73 Å². The summed E-state index contributed by atoms with van der Waals surface area (Å²) in [5.41, 5.74) is 5.24. The number of carbonyl (C=O) groups excluding carboxylic acids is 2. The molecule has 2 aliphatic heterocycles. The third-order valence-corrected chi connectivity index (χ3v) is 3.28. The van der Waals surface area contributed by atoms with Crippen molar-refractivity contribution in [3.05, 3.63) is 0 Å². The highest BCUT2D eigenvalue weighted by atomic mass is 16.5. The summed E-state index contributed by atoms with van der Waals surface area (Å²) in [5.74, 6) is -0.352. The molecule has 2 saturated heterocycles. The van der Waals surface area contributed by atoms with Crippen molar-refractivity contribution in [3.8, 4) is 0 Å². The molecule has 2 heterocycles. The molecule has 0 radical (unpaired) electrons. The van der Waals surface area contributed by atoms with Crippen LogP contribution in [0, 0.1) is 5.92 Å². The fourth-order valence-corrected chi connectivity index (χ4v) is 2.31. The number of amides is 1. The van der Waals surface area contributed by atoms with Gasteiger partial charge in [0.1, 0.15) is 6.04 Å². The molecule has 84 valence electrons. The van der Waals surface area contributed by atoms with Crippen LogP contribution in [0.25, 0.3) is 0 Å². The van der Waals surface area contributed by atoms with E-state index in [0.29, 0.717) is 6.61 Å². The Morgan fingerprint density at radius 2 is 2.00 bits per heavy atom. The van der Waals surface area contributed by atoms with E-state index in [0.717, 1.165) is 32.4 Å². The number of cyclic esters (lactones) is 1. The van der Waals surface area contributed by atoms with Crippen molar-refractivity contribution in [2.24, 2.45) is 11.7 Å². The monoisotopic (exact) mass is 212 g/mol. The van der Waals surface area contributed by atoms with E-state index < -0.39 is 0 Å². The number of hydrogen-bond donors (Lipinski definition) is 1. The van der Waals surface area contributed by atoms with Crippen molar-refractivity contribution in [2.75, 3.05) is 19.7 Å². The maximum Gasteiger partial charge on any atom is 0.323 e. The maximum absolute atomic E-state index is 11.3. The number of piperidine rings is 1. The SMILES string of the molecule is NC(=O)C1CCN([C@H]2CCOC2=O)CC1.